The maximum atomic E-state index is 12.9. The Balaban J connectivity index is 0.000000743. The number of fused-ring (bicyclic) bond motifs is 1. The van der Waals surface area contributed by atoms with E-state index in [1.165, 1.54) is 12.1 Å². The van der Waals surface area contributed by atoms with Crippen LogP contribution < -0.4 is 26.2 Å². The van der Waals surface area contributed by atoms with Crippen LogP contribution in [0.4, 0.5) is 42.5 Å². The molecule has 0 bridgehead atoms. The van der Waals surface area contributed by atoms with Crippen LogP contribution in [0.15, 0.2) is 102 Å². The van der Waals surface area contributed by atoms with Crippen molar-refractivity contribution in [3.05, 3.63) is 119 Å². The zero-order valence-electron chi connectivity index (χ0n) is 40.1. The third kappa shape index (κ3) is 19.0. The van der Waals surface area contributed by atoms with Crippen molar-refractivity contribution in [3.8, 4) is 22.6 Å². The normalized spacial score (nSPS) is 13.3. The van der Waals surface area contributed by atoms with E-state index in [1.807, 2.05) is 60.7 Å². The number of anilines is 2. The van der Waals surface area contributed by atoms with Crippen molar-refractivity contribution in [2.24, 2.45) is 0 Å². The number of amides is 3. The number of rotatable bonds is 18. The molecular formula is C50H56F6N6O12. The summed E-state index contributed by atoms with van der Waals surface area (Å²) in [5.41, 5.74) is 4.56. The molecule has 1 aromatic heterocycles. The van der Waals surface area contributed by atoms with Gasteiger partial charge in [0.15, 0.2) is 0 Å². The average molecular weight is 1050 g/mol. The molecule has 3 amide bonds. The lowest BCUT2D eigenvalue weighted by atomic mass is 10.0. The number of aliphatic carboxylic acids is 2. The van der Waals surface area contributed by atoms with Crippen molar-refractivity contribution < 1.29 is 80.2 Å². The number of aromatic hydroxyl groups is 1. The van der Waals surface area contributed by atoms with Crippen LogP contribution in [0.5, 0.6) is 11.5 Å². The number of phenols is 1. The second kappa shape index (κ2) is 27.9. The highest BCUT2D eigenvalue weighted by atomic mass is 19.4. The Morgan fingerprint density at radius 1 is 0.824 bits per heavy atom. The van der Waals surface area contributed by atoms with Crippen molar-refractivity contribution >= 4 is 52.1 Å². The molecule has 18 nitrogen and oxygen atoms in total. The van der Waals surface area contributed by atoms with E-state index < -0.39 is 36.5 Å². The Kier molecular flexibility index (Phi) is 22.2. The molecule has 0 unspecified atom stereocenters. The highest BCUT2D eigenvalue weighted by molar-refractivity contribution is 5.92. The highest BCUT2D eigenvalue weighted by Crippen LogP contribution is 2.30. The molecule has 0 aliphatic carbocycles. The number of pyridine rings is 1. The van der Waals surface area contributed by atoms with E-state index in [4.69, 9.17) is 29.3 Å². The number of benzene rings is 4. The lowest BCUT2D eigenvalue weighted by Gasteiger charge is -2.31. The van der Waals surface area contributed by atoms with Crippen LogP contribution in [0, 0.1) is 0 Å². The molecule has 1 aliphatic rings. The number of carbonyl (C=O) groups excluding carboxylic acids is 3. The molecule has 4 aromatic carbocycles. The zero-order chi connectivity index (χ0) is 54.6. The molecule has 6 rings (SSSR count). The summed E-state index contributed by atoms with van der Waals surface area (Å²) in [7, 11) is 3.34. The third-order valence-electron chi connectivity index (χ3n) is 11.2. The minimum atomic E-state index is -5.08. The predicted octanol–water partition coefficient (Wildman–Crippen LogP) is 7.67. The third-order valence-corrected chi connectivity index (χ3v) is 11.2. The Bertz CT molecular complexity index is 2710. The van der Waals surface area contributed by atoms with Crippen molar-refractivity contribution in [2.75, 3.05) is 57.5 Å². The number of ether oxygens (including phenoxy) is 2. The summed E-state index contributed by atoms with van der Waals surface area (Å²) in [4.78, 5) is 74.5. The number of carbonyl (C=O) groups is 5. The highest BCUT2D eigenvalue weighted by Gasteiger charge is 2.39. The summed E-state index contributed by atoms with van der Waals surface area (Å²) in [5, 5.41) is 44.9. The molecule has 8 N–H and O–H groups in total. The number of nitrogens with one attached hydrogen (secondary N) is 4. The first-order chi connectivity index (χ1) is 35.0. The van der Waals surface area contributed by atoms with Gasteiger partial charge >= 0.3 is 30.4 Å². The first-order valence-electron chi connectivity index (χ1n) is 22.9. The number of aliphatic hydroxyl groups is 1. The Hall–Kier alpha value is -7.70. The topological polar surface area (TPSA) is 260 Å². The van der Waals surface area contributed by atoms with Crippen LogP contribution in [-0.4, -0.2) is 130 Å². The number of hydrogen-bond acceptors (Lipinski definition) is 12. The number of alkyl halides is 6. The standard InChI is InChI=1S/C46H54N6O8.2C2HF3O2/c1-51(44(57)23-27-52-25-21-34(22-26-52)60-46(58)49-38-13-7-6-12-35(38)31-10-4-3-5-11-31)24-9-8-14-42(55)48-33-16-15-32(41(28-33)59-2)29-47-30-40(54)36-17-19-39(53)45-37(36)18-20-43(56)50-45;2*3-2(4,5)1(6)7/h3-7,10-13,15-20,28,34,40,47,53-54H,8-9,14,21-27,29-30H2,1-2H3,(H,48,55)(H,49,58)(H,50,56);2*(H,6,7)/t40-;;/m0../s1. The number of H-pyrrole nitrogens is 1. The molecule has 5 aromatic rings. The molecule has 2 heterocycles. The molecule has 1 atom stereocenters. The molecule has 0 spiro atoms. The van der Waals surface area contributed by atoms with Gasteiger partial charge in [0.1, 0.15) is 17.6 Å². The number of carboxylic acid groups (broad SMARTS) is 2. The second-order valence-corrected chi connectivity index (χ2v) is 16.6. The van der Waals surface area contributed by atoms with Gasteiger partial charge in [0.25, 0.3) is 0 Å². The number of aliphatic hydroxyl groups excluding tert-OH is 1. The molecule has 400 valence electrons. The van der Waals surface area contributed by atoms with Gasteiger partial charge in [-0.05, 0) is 61.1 Å². The van der Waals surface area contributed by atoms with Gasteiger partial charge in [0.2, 0.25) is 17.4 Å². The van der Waals surface area contributed by atoms with E-state index in [9.17, 15) is 55.7 Å². The van der Waals surface area contributed by atoms with Crippen LogP contribution in [0.25, 0.3) is 22.0 Å². The smallest absolute Gasteiger partial charge is 0.490 e. The number of carboxylic acids is 2. The number of halogens is 6. The summed E-state index contributed by atoms with van der Waals surface area (Å²) in [6.07, 6.45) is -8.32. The van der Waals surface area contributed by atoms with Crippen molar-refractivity contribution in [2.45, 2.75) is 69.6 Å². The molecular weight excluding hydrogens is 991 g/mol. The molecule has 24 heteroatoms. The van der Waals surface area contributed by atoms with Crippen molar-refractivity contribution in [1.29, 1.82) is 0 Å². The fourth-order valence-corrected chi connectivity index (χ4v) is 7.40. The average Bonchev–Trinajstić information content (AvgIpc) is 3.35. The first kappa shape index (κ1) is 58.9. The first-order valence-corrected chi connectivity index (χ1v) is 22.9. The Morgan fingerprint density at radius 2 is 1.46 bits per heavy atom. The number of aromatic nitrogens is 1. The van der Waals surface area contributed by atoms with Gasteiger partial charge in [0, 0.05) is 93.5 Å². The summed E-state index contributed by atoms with van der Waals surface area (Å²) < 4.78 is 74.8. The number of aromatic amines is 1. The molecule has 1 saturated heterocycles. The number of piperidine rings is 1. The van der Waals surface area contributed by atoms with Crippen LogP contribution >= 0.6 is 0 Å². The molecule has 1 aliphatic heterocycles. The Morgan fingerprint density at radius 3 is 2.09 bits per heavy atom. The molecule has 1 fully saturated rings. The van der Waals surface area contributed by atoms with Gasteiger partial charge < -0.3 is 55.3 Å². The van der Waals surface area contributed by atoms with E-state index in [2.05, 4.69) is 25.8 Å². The lowest BCUT2D eigenvalue weighted by Crippen LogP contribution is -2.40. The van der Waals surface area contributed by atoms with Gasteiger partial charge in [-0.1, -0.05) is 60.7 Å². The van der Waals surface area contributed by atoms with Gasteiger partial charge in [0.05, 0.1) is 24.4 Å². The van der Waals surface area contributed by atoms with Gasteiger partial charge in [-0.25, -0.2) is 14.4 Å². The van der Waals surface area contributed by atoms with E-state index in [0.29, 0.717) is 86.2 Å². The van der Waals surface area contributed by atoms with E-state index in [-0.39, 0.29) is 41.3 Å². The van der Waals surface area contributed by atoms with Gasteiger partial charge in [-0.3, -0.25) is 19.7 Å². The van der Waals surface area contributed by atoms with E-state index >= 15 is 0 Å². The quantitative estimate of drug-likeness (QED) is 0.0310. The summed E-state index contributed by atoms with van der Waals surface area (Å²) in [6.45, 7) is 3.25. The number of nitrogens with zero attached hydrogens (tertiary/aromatic N) is 2. The minimum absolute atomic E-state index is 0.0527. The van der Waals surface area contributed by atoms with E-state index in [0.717, 1.165) is 29.8 Å². The maximum absolute atomic E-state index is 12.9. The molecule has 74 heavy (non-hydrogen) atoms. The van der Waals surface area contributed by atoms with Gasteiger partial charge in [-0.2, -0.15) is 26.3 Å². The largest absolute Gasteiger partial charge is 0.506 e. The van der Waals surface area contributed by atoms with Gasteiger partial charge in [-0.15, -0.1) is 0 Å². The fourth-order valence-electron chi connectivity index (χ4n) is 7.40. The Labute approximate surface area is 419 Å². The van der Waals surface area contributed by atoms with Crippen LogP contribution in [0.2, 0.25) is 0 Å². The van der Waals surface area contributed by atoms with Crippen molar-refractivity contribution in [3.63, 3.8) is 0 Å². The number of para-hydroxylation sites is 1. The zero-order valence-corrected chi connectivity index (χ0v) is 40.1. The monoisotopic (exact) mass is 1050 g/mol. The maximum Gasteiger partial charge on any atom is 0.490 e. The van der Waals surface area contributed by atoms with Crippen LogP contribution in [-0.2, 0) is 30.5 Å². The summed E-state index contributed by atoms with van der Waals surface area (Å²) in [6, 6.07) is 28.9. The minimum Gasteiger partial charge on any atom is -0.506 e. The SMILES string of the molecule is COc1cc(NC(=O)CCCCN(C)C(=O)CCN2CCC(OC(=O)Nc3ccccc3-c3ccccc3)CC2)ccc1CNC[C@H](O)c1ccc(O)c2[nH]c(=O)ccc12.O=C(O)C(F)(F)F.O=C(O)C(F)(F)F. The number of phenolic OH excluding ortho intramolecular Hbond substituents is 1. The van der Waals surface area contributed by atoms with Crippen LogP contribution in [0.1, 0.15) is 55.8 Å². The second-order valence-electron chi connectivity index (χ2n) is 16.6. The fraction of sp³-hybridized carbons (Fsp3) is 0.360. The molecule has 0 saturated carbocycles. The number of hydrogen-bond donors (Lipinski definition) is 8. The predicted molar refractivity (Wildman–Crippen MR) is 259 cm³/mol. The number of likely N-dealkylation sites (tertiary alicyclic amines) is 1. The van der Waals surface area contributed by atoms with E-state index in [1.54, 1.807) is 43.3 Å². The molecule has 0 radical (unpaired) electrons. The summed E-state index contributed by atoms with van der Waals surface area (Å²) >= 11 is 0. The number of methoxy groups -OCH3 is 1. The summed E-state index contributed by atoms with van der Waals surface area (Å²) in [5.74, 6) is -5.09. The van der Waals surface area contributed by atoms with Crippen molar-refractivity contribution in [1.82, 2.24) is 20.1 Å². The lowest BCUT2D eigenvalue weighted by molar-refractivity contribution is -0.193. The number of unbranched alkanes of at least 4 members (excludes halogenated alkanes) is 1. The van der Waals surface area contributed by atoms with Crippen LogP contribution in [0.3, 0.4) is 0 Å².